The number of amides is 1. The molecule has 1 aromatic heterocycles. The van der Waals surface area contributed by atoms with Crippen molar-refractivity contribution >= 4 is 32.6 Å². The molecule has 3 aromatic rings. The van der Waals surface area contributed by atoms with Crippen LogP contribution in [0, 0.1) is 5.82 Å². The van der Waals surface area contributed by atoms with E-state index in [-0.39, 0.29) is 18.1 Å². The summed E-state index contributed by atoms with van der Waals surface area (Å²) >= 11 is 1.12. The van der Waals surface area contributed by atoms with Crippen molar-refractivity contribution < 1.29 is 31.8 Å². The second-order valence-electron chi connectivity index (χ2n) is 7.48. The Morgan fingerprint density at radius 2 is 1.88 bits per heavy atom. The predicted octanol–water partition coefficient (Wildman–Crippen LogP) is 4.24. The molecule has 0 spiro atoms. The number of benzene rings is 2. The van der Waals surface area contributed by atoms with Crippen LogP contribution in [0.4, 0.5) is 22.7 Å². The number of hydrogen-bond donors (Lipinski definition) is 0. The fourth-order valence-corrected chi connectivity index (χ4v) is 4.51. The molecule has 0 radical (unpaired) electrons. The highest BCUT2D eigenvalue weighted by atomic mass is 32.1. The number of alkyl halides is 3. The lowest BCUT2D eigenvalue weighted by atomic mass is 10.1. The topological polar surface area (TPSA) is 54.9 Å². The Balaban J connectivity index is 1.57. The van der Waals surface area contributed by atoms with Crippen molar-refractivity contribution in [3.05, 3.63) is 53.8 Å². The number of carbonyl (C=O) groups is 1. The number of aromatic nitrogens is 1. The number of rotatable bonds is 7. The van der Waals surface area contributed by atoms with E-state index in [4.69, 9.17) is 4.74 Å². The van der Waals surface area contributed by atoms with Crippen molar-refractivity contribution in [2.24, 2.45) is 0 Å². The summed E-state index contributed by atoms with van der Waals surface area (Å²) in [4.78, 5) is 21.4. The average molecular weight is 483 g/mol. The van der Waals surface area contributed by atoms with E-state index < -0.39 is 12.2 Å². The van der Waals surface area contributed by atoms with Crippen LogP contribution in [-0.2, 0) is 16.0 Å². The molecule has 1 aliphatic heterocycles. The molecule has 6 nitrogen and oxygen atoms in total. The molecule has 176 valence electrons. The lowest BCUT2D eigenvalue weighted by Crippen LogP contribution is -2.43. The minimum absolute atomic E-state index is 0.0434. The number of halogens is 4. The van der Waals surface area contributed by atoms with Crippen LogP contribution in [0.2, 0.25) is 0 Å². The van der Waals surface area contributed by atoms with Crippen molar-refractivity contribution in [2.75, 3.05) is 44.3 Å². The van der Waals surface area contributed by atoms with Crippen LogP contribution in [0.1, 0.15) is 5.56 Å². The summed E-state index contributed by atoms with van der Waals surface area (Å²) in [6, 6.07) is 9.56. The number of fused-ring (bicyclic) bond motifs is 1. The summed E-state index contributed by atoms with van der Waals surface area (Å²) in [6.07, 6.45) is -4.75. The lowest BCUT2D eigenvalue weighted by Gasteiger charge is -2.29. The molecule has 4 rings (SSSR count). The fourth-order valence-electron chi connectivity index (χ4n) is 3.47. The molecule has 1 saturated heterocycles. The molecule has 1 fully saturated rings. The molecule has 0 aliphatic carbocycles. The van der Waals surface area contributed by atoms with Crippen LogP contribution in [0.25, 0.3) is 10.2 Å². The Morgan fingerprint density at radius 3 is 2.58 bits per heavy atom. The third-order valence-corrected chi connectivity index (χ3v) is 6.17. The van der Waals surface area contributed by atoms with Crippen molar-refractivity contribution in [3.8, 4) is 5.75 Å². The van der Waals surface area contributed by atoms with Gasteiger partial charge in [-0.15, -0.1) is 13.2 Å². The molecule has 0 N–H and O–H groups in total. The van der Waals surface area contributed by atoms with Gasteiger partial charge in [0.25, 0.3) is 0 Å². The maximum atomic E-state index is 13.2. The molecule has 0 saturated carbocycles. The van der Waals surface area contributed by atoms with Gasteiger partial charge in [-0.05, 0) is 29.8 Å². The lowest BCUT2D eigenvalue weighted by molar-refractivity contribution is -0.274. The third kappa shape index (κ3) is 6.40. The fraction of sp³-hybridized carbons (Fsp3) is 0.364. The number of nitrogens with zero attached hydrogens (tertiary/aromatic N) is 3. The van der Waals surface area contributed by atoms with E-state index in [1.165, 1.54) is 35.2 Å². The summed E-state index contributed by atoms with van der Waals surface area (Å²) < 4.78 is 60.7. The van der Waals surface area contributed by atoms with E-state index >= 15 is 0 Å². The maximum Gasteiger partial charge on any atom is 0.573 e. The minimum Gasteiger partial charge on any atom is -0.406 e. The predicted molar refractivity (Wildman–Crippen MR) is 116 cm³/mol. The molecule has 11 heteroatoms. The van der Waals surface area contributed by atoms with Gasteiger partial charge in [0.1, 0.15) is 11.6 Å². The molecule has 0 bridgehead atoms. The zero-order valence-corrected chi connectivity index (χ0v) is 18.3. The van der Waals surface area contributed by atoms with Crippen LogP contribution >= 0.6 is 11.3 Å². The zero-order valence-electron chi connectivity index (χ0n) is 17.5. The zero-order chi connectivity index (χ0) is 23.4. The van der Waals surface area contributed by atoms with E-state index in [0.29, 0.717) is 47.2 Å². The summed E-state index contributed by atoms with van der Waals surface area (Å²) in [6.45, 7) is 3.68. The van der Waals surface area contributed by atoms with Crippen LogP contribution in [-0.4, -0.2) is 61.5 Å². The molecule has 33 heavy (non-hydrogen) atoms. The third-order valence-electron chi connectivity index (χ3n) is 5.13. The molecular weight excluding hydrogens is 462 g/mol. The van der Waals surface area contributed by atoms with E-state index in [1.807, 2.05) is 0 Å². The largest absolute Gasteiger partial charge is 0.573 e. The van der Waals surface area contributed by atoms with Crippen molar-refractivity contribution in [1.29, 1.82) is 0 Å². The van der Waals surface area contributed by atoms with Gasteiger partial charge in [-0.1, -0.05) is 23.5 Å². The molecule has 0 unspecified atom stereocenters. The van der Waals surface area contributed by atoms with Gasteiger partial charge in [0.2, 0.25) is 5.91 Å². The van der Waals surface area contributed by atoms with Crippen LogP contribution < -0.4 is 9.64 Å². The van der Waals surface area contributed by atoms with E-state index in [1.54, 1.807) is 12.1 Å². The molecule has 1 amide bonds. The summed E-state index contributed by atoms with van der Waals surface area (Å²) in [5, 5.41) is 0.384. The van der Waals surface area contributed by atoms with Crippen molar-refractivity contribution in [1.82, 2.24) is 9.88 Å². The van der Waals surface area contributed by atoms with E-state index in [9.17, 15) is 22.4 Å². The van der Waals surface area contributed by atoms with Gasteiger partial charge >= 0.3 is 6.36 Å². The molecule has 2 heterocycles. The highest BCUT2D eigenvalue weighted by Gasteiger charge is 2.31. The number of hydrogen-bond acceptors (Lipinski definition) is 6. The van der Waals surface area contributed by atoms with E-state index in [2.05, 4.69) is 14.6 Å². The van der Waals surface area contributed by atoms with Gasteiger partial charge in [0, 0.05) is 32.2 Å². The van der Waals surface area contributed by atoms with Crippen LogP contribution in [0.15, 0.2) is 42.5 Å². The van der Waals surface area contributed by atoms with Gasteiger partial charge in [-0.2, -0.15) is 0 Å². The second-order valence-corrected chi connectivity index (χ2v) is 8.49. The first-order valence-electron chi connectivity index (χ1n) is 10.3. The SMILES string of the molecule is O=C(Cc1ccc(F)cc1)N(CCN1CCOCC1)c1nc2ccc(OC(F)(F)F)cc2s1. The Kier molecular flexibility index (Phi) is 7.11. The Bertz CT molecular complexity index is 1100. The Labute approximate surface area is 191 Å². The molecular formula is C22H21F4N3O3S. The smallest absolute Gasteiger partial charge is 0.406 e. The monoisotopic (exact) mass is 483 g/mol. The van der Waals surface area contributed by atoms with Gasteiger partial charge in [-0.25, -0.2) is 9.37 Å². The summed E-state index contributed by atoms with van der Waals surface area (Å²) in [7, 11) is 0. The maximum absolute atomic E-state index is 13.2. The van der Waals surface area contributed by atoms with Crippen LogP contribution in [0.5, 0.6) is 5.75 Å². The number of carbonyl (C=O) groups excluding carboxylic acids is 1. The quantitative estimate of drug-likeness (QED) is 0.471. The molecule has 1 aliphatic rings. The first kappa shape index (κ1) is 23.4. The van der Waals surface area contributed by atoms with Crippen molar-refractivity contribution in [2.45, 2.75) is 12.8 Å². The highest BCUT2D eigenvalue weighted by molar-refractivity contribution is 7.22. The summed E-state index contributed by atoms with van der Waals surface area (Å²) in [5.41, 5.74) is 1.12. The number of ether oxygens (including phenoxy) is 2. The summed E-state index contributed by atoms with van der Waals surface area (Å²) in [5.74, 6) is -0.971. The first-order valence-corrected chi connectivity index (χ1v) is 11.1. The van der Waals surface area contributed by atoms with Crippen molar-refractivity contribution in [3.63, 3.8) is 0 Å². The molecule has 0 atom stereocenters. The highest BCUT2D eigenvalue weighted by Crippen LogP contribution is 2.33. The second kappa shape index (κ2) is 10.0. The Hall–Kier alpha value is -2.76. The van der Waals surface area contributed by atoms with Gasteiger partial charge in [0.15, 0.2) is 5.13 Å². The normalized spacial score (nSPS) is 15.0. The average Bonchev–Trinajstić information content (AvgIpc) is 3.18. The minimum atomic E-state index is -4.80. The van der Waals surface area contributed by atoms with Gasteiger partial charge < -0.3 is 9.47 Å². The Morgan fingerprint density at radius 1 is 1.15 bits per heavy atom. The standard InChI is InChI=1S/C22H21F4N3O3S/c23-16-3-1-15(2-4-16)13-20(30)29(8-7-28-9-11-31-12-10-28)21-27-18-6-5-17(14-19(18)33-21)32-22(24,25)26/h1-6,14H,7-13H2. The van der Waals surface area contributed by atoms with Crippen LogP contribution in [0.3, 0.4) is 0 Å². The molecule has 2 aromatic carbocycles. The number of anilines is 1. The number of morpholine rings is 1. The first-order chi connectivity index (χ1) is 15.8. The van der Waals surface area contributed by atoms with Gasteiger partial charge in [-0.3, -0.25) is 14.6 Å². The van der Waals surface area contributed by atoms with E-state index in [0.717, 1.165) is 24.4 Å². The number of thiazole rings is 1. The van der Waals surface area contributed by atoms with Gasteiger partial charge in [0.05, 0.1) is 29.9 Å².